The van der Waals surface area contributed by atoms with E-state index in [4.69, 9.17) is 0 Å². The van der Waals surface area contributed by atoms with Gasteiger partial charge in [-0.1, -0.05) is 35.9 Å². The first kappa shape index (κ1) is 14.3. The van der Waals surface area contributed by atoms with Crippen molar-refractivity contribution in [2.24, 2.45) is 11.8 Å². The predicted molar refractivity (Wildman–Crippen MR) is 82.6 cm³/mol. The first-order valence-electron chi connectivity index (χ1n) is 7.83. The lowest BCUT2D eigenvalue weighted by Gasteiger charge is -2.24. The molecule has 1 aromatic carbocycles. The van der Waals surface area contributed by atoms with Crippen molar-refractivity contribution >= 4 is 5.91 Å². The summed E-state index contributed by atoms with van der Waals surface area (Å²) in [4.78, 5) is 12.1. The highest BCUT2D eigenvalue weighted by Crippen LogP contribution is 2.48. The number of aliphatic hydroxyl groups is 1. The average Bonchev–Trinajstić information content (AvgIpc) is 3.37. The van der Waals surface area contributed by atoms with Gasteiger partial charge in [-0.15, -0.1) is 0 Å². The second-order valence-electron chi connectivity index (χ2n) is 6.55. The van der Waals surface area contributed by atoms with E-state index < -0.39 is 5.60 Å². The molecule has 0 spiro atoms. The molecule has 0 aromatic heterocycles. The number of nitrogens with one attached hydrogen (secondary N) is 1. The summed E-state index contributed by atoms with van der Waals surface area (Å²) in [5.41, 5.74) is 1.12. The van der Waals surface area contributed by atoms with E-state index in [1.807, 2.05) is 30.3 Å². The molecule has 1 atom stereocenters. The SMILES string of the molecule is C[C@](O)(CNC(=O)C=C(C1CC1)C1CC1)c1ccccc1. The van der Waals surface area contributed by atoms with Gasteiger partial charge in [0.15, 0.2) is 0 Å². The Balaban J connectivity index is 1.59. The number of carbonyl (C=O) groups excluding carboxylic acids is 1. The van der Waals surface area contributed by atoms with E-state index in [-0.39, 0.29) is 12.5 Å². The third-order valence-corrected chi connectivity index (χ3v) is 4.40. The van der Waals surface area contributed by atoms with Crippen molar-refractivity contribution in [2.75, 3.05) is 6.54 Å². The van der Waals surface area contributed by atoms with Crippen LogP contribution >= 0.6 is 0 Å². The van der Waals surface area contributed by atoms with Gasteiger partial charge in [-0.05, 0) is 50.0 Å². The predicted octanol–water partition coefficient (Wildman–Crippen LogP) is 2.76. The first-order valence-corrected chi connectivity index (χ1v) is 7.83. The Morgan fingerprint density at radius 1 is 1.24 bits per heavy atom. The quantitative estimate of drug-likeness (QED) is 0.790. The molecule has 3 heteroatoms. The molecule has 2 fully saturated rings. The van der Waals surface area contributed by atoms with E-state index >= 15 is 0 Å². The second kappa shape index (κ2) is 5.64. The molecule has 112 valence electrons. The van der Waals surface area contributed by atoms with Crippen LogP contribution in [0.25, 0.3) is 0 Å². The van der Waals surface area contributed by atoms with Crippen LogP contribution in [0.15, 0.2) is 42.0 Å². The number of carbonyl (C=O) groups is 1. The monoisotopic (exact) mass is 285 g/mol. The molecule has 0 radical (unpaired) electrons. The minimum absolute atomic E-state index is 0.0694. The lowest BCUT2D eigenvalue weighted by molar-refractivity contribution is -0.117. The van der Waals surface area contributed by atoms with Gasteiger partial charge in [-0.3, -0.25) is 4.79 Å². The van der Waals surface area contributed by atoms with Gasteiger partial charge in [0, 0.05) is 6.08 Å². The second-order valence-corrected chi connectivity index (χ2v) is 6.55. The van der Waals surface area contributed by atoms with Crippen molar-refractivity contribution in [2.45, 2.75) is 38.2 Å². The molecule has 0 heterocycles. The molecule has 2 aliphatic carbocycles. The zero-order valence-electron chi connectivity index (χ0n) is 12.5. The molecular weight excluding hydrogens is 262 g/mol. The third-order valence-electron chi connectivity index (χ3n) is 4.40. The average molecular weight is 285 g/mol. The Morgan fingerprint density at radius 2 is 1.81 bits per heavy atom. The molecule has 1 amide bonds. The normalized spacial score (nSPS) is 20.5. The molecule has 3 rings (SSSR count). The highest BCUT2D eigenvalue weighted by atomic mass is 16.3. The Labute approximate surface area is 126 Å². The summed E-state index contributed by atoms with van der Waals surface area (Å²) in [5.74, 6) is 1.23. The van der Waals surface area contributed by atoms with Crippen LogP contribution in [0.5, 0.6) is 0 Å². The van der Waals surface area contributed by atoms with Crippen LogP contribution < -0.4 is 5.32 Å². The summed E-state index contributed by atoms with van der Waals surface area (Å²) in [6.45, 7) is 1.96. The van der Waals surface area contributed by atoms with Gasteiger partial charge in [0.2, 0.25) is 5.91 Å². The van der Waals surface area contributed by atoms with E-state index in [0.717, 1.165) is 5.56 Å². The molecule has 21 heavy (non-hydrogen) atoms. The maximum Gasteiger partial charge on any atom is 0.244 e. The van der Waals surface area contributed by atoms with Gasteiger partial charge >= 0.3 is 0 Å². The lowest BCUT2D eigenvalue weighted by atomic mass is 9.96. The Bertz CT molecular complexity index is 526. The Morgan fingerprint density at radius 3 is 2.33 bits per heavy atom. The van der Waals surface area contributed by atoms with Gasteiger partial charge in [0.1, 0.15) is 5.60 Å². The smallest absolute Gasteiger partial charge is 0.244 e. The topological polar surface area (TPSA) is 49.3 Å². The van der Waals surface area contributed by atoms with Crippen LogP contribution in [0.3, 0.4) is 0 Å². The summed E-state index contributed by atoms with van der Waals surface area (Å²) >= 11 is 0. The summed E-state index contributed by atoms with van der Waals surface area (Å²) in [6, 6.07) is 9.45. The number of amides is 1. The highest BCUT2D eigenvalue weighted by Gasteiger charge is 2.36. The van der Waals surface area contributed by atoms with Crippen LogP contribution in [0.4, 0.5) is 0 Å². The van der Waals surface area contributed by atoms with Gasteiger partial charge < -0.3 is 10.4 Å². The molecule has 0 aliphatic heterocycles. The van der Waals surface area contributed by atoms with Crippen LogP contribution in [-0.2, 0) is 10.4 Å². The number of benzene rings is 1. The molecule has 2 saturated carbocycles. The lowest BCUT2D eigenvalue weighted by Crippen LogP contribution is -2.38. The number of hydrogen-bond acceptors (Lipinski definition) is 2. The molecule has 2 N–H and O–H groups in total. The summed E-state index contributed by atoms with van der Waals surface area (Å²) in [7, 11) is 0. The van der Waals surface area contributed by atoms with Crippen molar-refractivity contribution in [1.29, 1.82) is 0 Å². The summed E-state index contributed by atoms with van der Waals surface area (Å²) in [6.07, 6.45) is 6.72. The minimum atomic E-state index is -1.04. The van der Waals surface area contributed by atoms with Crippen molar-refractivity contribution in [3.8, 4) is 0 Å². The van der Waals surface area contributed by atoms with Crippen molar-refractivity contribution in [3.63, 3.8) is 0 Å². The molecule has 0 saturated heterocycles. The molecule has 0 bridgehead atoms. The molecule has 2 aliphatic rings. The zero-order valence-corrected chi connectivity index (χ0v) is 12.5. The van der Waals surface area contributed by atoms with Crippen LogP contribution in [0, 0.1) is 11.8 Å². The number of allylic oxidation sites excluding steroid dienone is 1. The third kappa shape index (κ3) is 3.73. The standard InChI is InChI=1S/C18H23NO2/c1-18(21,15-5-3-2-4-6-15)12-19-17(20)11-16(13-7-8-13)14-9-10-14/h2-6,11,13-14,21H,7-10,12H2,1H3,(H,19,20)/t18-/m0/s1. The molecule has 0 unspecified atom stereocenters. The molecular formula is C18H23NO2. The van der Waals surface area contributed by atoms with Crippen molar-refractivity contribution < 1.29 is 9.90 Å². The minimum Gasteiger partial charge on any atom is -0.384 e. The Hall–Kier alpha value is -1.61. The molecule has 1 aromatic rings. The van der Waals surface area contributed by atoms with Crippen molar-refractivity contribution in [3.05, 3.63) is 47.5 Å². The fourth-order valence-electron chi connectivity index (χ4n) is 2.76. The maximum atomic E-state index is 12.1. The highest BCUT2D eigenvalue weighted by molar-refractivity contribution is 5.88. The fourth-order valence-corrected chi connectivity index (χ4v) is 2.76. The fraction of sp³-hybridized carbons (Fsp3) is 0.500. The summed E-state index contributed by atoms with van der Waals surface area (Å²) < 4.78 is 0. The van der Waals surface area contributed by atoms with E-state index in [9.17, 15) is 9.90 Å². The van der Waals surface area contributed by atoms with Crippen LogP contribution in [0.1, 0.15) is 38.2 Å². The van der Waals surface area contributed by atoms with E-state index in [1.165, 1.54) is 31.3 Å². The van der Waals surface area contributed by atoms with Crippen LogP contribution in [-0.4, -0.2) is 17.6 Å². The maximum absolute atomic E-state index is 12.1. The van der Waals surface area contributed by atoms with E-state index in [1.54, 1.807) is 13.0 Å². The summed E-state index contributed by atoms with van der Waals surface area (Å²) in [5, 5.41) is 13.3. The van der Waals surface area contributed by atoms with Crippen LogP contribution in [0.2, 0.25) is 0 Å². The molecule has 3 nitrogen and oxygen atoms in total. The van der Waals surface area contributed by atoms with Gasteiger partial charge in [-0.2, -0.15) is 0 Å². The van der Waals surface area contributed by atoms with E-state index in [0.29, 0.717) is 11.8 Å². The number of hydrogen-bond donors (Lipinski definition) is 2. The largest absolute Gasteiger partial charge is 0.384 e. The van der Waals surface area contributed by atoms with Gasteiger partial charge in [-0.25, -0.2) is 0 Å². The van der Waals surface area contributed by atoms with Gasteiger partial charge in [0.05, 0.1) is 6.54 Å². The van der Waals surface area contributed by atoms with Crippen molar-refractivity contribution in [1.82, 2.24) is 5.32 Å². The Kier molecular flexibility index (Phi) is 3.85. The first-order chi connectivity index (χ1) is 10.1. The zero-order chi connectivity index (χ0) is 14.9. The van der Waals surface area contributed by atoms with Gasteiger partial charge in [0.25, 0.3) is 0 Å². The van der Waals surface area contributed by atoms with E-state index in [2.05, 4.69) is 5.32 Å². The number of rotatable bonds is 6.